The number of nitro benzene ring substituents is 2. The summed E-state index contributed by atoms with van der Waals surface area (Å²) >= 11 is 0. The summed E-state index contributed by atoms with van der Waals surface area (Å²) in [5.41, 5.74) is 1.12. The highest BCUT2D eigenvalue weighted by molar-refractivity contribution is 5.60. The molecule has 11 heteroatoms. The Balaban J connectivity index is 1.11. The standard InChI is InChI=1S/C31H24N2O9/c34-29(39-19-27-30(41-27,21-7-3-1-4-8-21)23-11-15-25(16-12-23)32(35)36)40-20-28-31(42-28,22-9-5-2-6-10-22)24-13-17-26(18-14-24)33(37)38/h1-18,27-28H,19-20H2. The second kappa shape index (κ2) is 10.7. The van der Waals surface area contributed by atoms with E-state index in [1.165, 1.54) is 24.3 Å². The van der Waals surface area contributed by atoms with Crippen LogP contribution in [0, 0.1) is 20.2 Å². The fourth-order valence-electron chi connectivity index (χ4n) is 5.39. The van der Waals surface area contributed by atoms with Gasteiger partial charge in [-0.25, -0.2) is 4.79 Å². The molecule has 0 aromatic heterocycles. The van der Waals surface area contributed by atoms with E-state index in [1.54, 1.807) is 24.3 Å². The molecule has 2 heterocycles. The number of benzene rings is 4. The van der Waals surface area contributed by atoms with Gasteiger partial charge in [-0.1, -0.05) is 60.7 Å². The average Bonchev–Trinajstić information content (AvgIpc) is 3.94. The van der Waals surface area contributed by atoms with Crippen molar-refractivity contribution in [3.63, 3.8) is 0 Å². The lowest BCUT2D eigenvalue weighted by atomic mass is 9.88. The molecule has 0 radical (unpaired) electrons. The average molecular weight is 569 g/mol. The van der Waals surface area contributed by atoms with Gasteiger partial charge in [0.25, 0.3) is 11.4 Å². The van der Waals surface area contributed by atoms with E-state index in [2.05, 4.69) is 0 Å². The Labute approximate surface area is 239 Å². The molecule has 2 aliphatic rings. The van der Waals surface area contributed by atoms with Crippen LogP contribution >= 0.6 is 0 Å². The third-order valence-electron chi connectivity index (χ3n) is 7.57. The normalized spacial score (nSPS) is 23.9. The fraction of sp³-hybridized carbons (Fsp3) is 0.194. The number of hydrogen-bond donors (Lipinski definition) is 0. The van der Waals surface area contributed by atoms with Gasteiger partial charge in [-0.05, 0) is 46.5 Å². The van der Waals surface area contributed by atoms with Crippen LogP contribution in [0.4, 0.5) is 16.2 Å². The molecule has 6 rings (SSSR count). The molecule has 11 nitrogen and oxygen atoms in total. The molecule has 2 saturated heterocycles. The molecule has 4 aromatic carbocycles. The summed E-state index contributed by atoms with van der Waals surface area (Å²) in [5.74, 6) is 0. The quantitative estimate of drug-likeness (QED) is 0.103. The van der Waals surface area contributed by atoms with Gasteiger partial charge in [-0.2, -0.15) is 0 Å². The lowest BCUT2D eigenvalue weighted by Gasteiger charge is -2.15. The van der Waals surface area contributed by atoms with Gasteiger partial charge in [0, 0.05) is 24.3 Å². The maximum absolute atomic E-state index is 12.6. The Morgan fingerprint density at radius 2 is 0.929 bits per heavy atom. The number of non-ortho nitro benzene ring substituents is 2. The predicted octanol–water partition coefficient (Wildman–Crippen LogP) is 5.64. The molecule has 0 N–H and O–H groups in total. The van der Waals surface area contributed by atoms with Gasteiger partial charge in [0.1, 0.15) is 36.6 Å². The van der Waals surface area contributed by atoms with Gasteiger partial charge >= 0.3 is 6.16 Å². The topological polar surface area (TPSA) is 147 Å². The Morgan fingerprint density at radius 3 is 1.26 bits per heavy atom. The molecule has 2 aliphatic heterocycles. The number of ether oxygens (including phenoxy) is 4. The van der Waals surface area contributed by atoms with Crippen LogP contribution in [-0.4, -0.2) is 41.4 Å². The summed E-state index contributed by atoms with van der Waals surface area (Å²) in [6, 6.07) is 30.9. The molecule has 0 spiro atoms. The second-order valence-corrected chi connectivity index (χ2v) is 9.90. The molecule has 212 valence electrons. The third kappa shape index (κ3) is 4.84. The first kappa shape index (κ1) is 27.1. The second-order valence-electron chi connectivity index (χ2n) is 9.90. The van der Waals surface area contributed by atoms with E-state index in [0.29, 0.717) is 11.1 Å². The smallest absolute Gasteiger partial charge is 0.431 e. The van der Waals surface area contributed by atoms with Crippen LogP contribution in [0.2, 0.25) is 0 Å². The molecule has 0 aliphatic carbocycles. The highest BCUT2D eigenvalue weighted by atomic mass is 16.7. The minimum absolute atomic E-state index is 0.0402. The van der Waals surface area contributed by atoms with E-state index in [9.17, 15) is 25.0 Å². The Kier molecular flexibility index (Phi) is 6.89. The monoisotopic (exact) mass is 568 g/mol. The molecule has 0 saturated carbocycles. The Bertz CT molecular complexity index is 1490. The Morgan fingerprint density at radius 1 is 0.595 bits per heavy atom. The van der Waals surface area contributed by atoms with Crippen LogP contribution in [0.3, 0.4) is 0 Å². The van der Waals surface area contributed by atoms with Gasteiger partial charge in [0.05, 0.1) is 9.85 Å². The molecule has 4 aromatic rings. The van der Waals surface area contributed by atoms with Crippen molar-refractivity contribution in [2.75, 3.05) is 13.2 Å². The van der Waals surface area contributed by atoms with E-state index < -0.39 is 39.4 Å². The summed E-state index contributed by atoms with van der Waals surface area (Å²) in [7, 11) is 0. The van der Waals surface area contributed by atoms with E-state index >= 15 is 0 Å². The summed E-state index contributed by atoms with van der Waals surface area (Å²) in [4.78, 5) is 33.9. The van der Waals surface area contributed by atoms with Gasteiger partial charge in [-0.3, -0.25) is 20.2 Å². The SMILES string of the molecule is O=C(OCC1OC1(c1ccccc1)c1ccc([N+](=O)[O-])cc1)OCC1OC1(c1ccccc1)c1ccc([N+](=O)[O-])cc1. The van der Waals surface area contributed by atoms with E-state index in [1.807, 2.05) is 60.7 Å². The van der Waals surface area contributed by atoms with Crippen LogP contribution in [0.15, 0.2) is 109 Å². The maximum atomic E-state index is 12.6. The number of rotatable bonds is 10. The number of epoxide rings is 2. The maximum Gasteiger partial charge on any atom is 0.508 e. The summed E-state index contributed by atoms with van der Waals surface area (Å²) < 4.78 is 22.9. The summed E-state index contributed by atoms with van der Waals surface area (Å²) in [5, 5.41) is 22.2. The number of hydrogen-bond acceptors (Lipinski definition) is 9. The first-order valence-electron chi connectivity index (χ1n) is 13.1. The lowest BCUT2D eigenvalue weighted by Crippen LogP contribution is -2.22. The van der Waals surface area contributed by atoms with E-state index in [0.717, 1.165) is 11.1 Å². The van der Waals surface area contributed by atoms with Gasteiger partial charge in [0.2, 0.25) is 0 Å². The molecule has 0 amide bonds. The van der Waals surface area contributed by atoms with E-state index in [4.69, 9.17) is 18.9 Å². The predicted molar refractivity (Wildman–Crippen MR) is 148 cm³/mol. The van der Waals surface area contributed by atoms with Crippen molar-refractivity contribution in [3.8, 4) is 0 Å². The van der Waals surface area contributed by atoms with Crippen LogP contribution < -0.4 is 0 Å². The number of carbonyl (C=O) groups excluding carboxylic acids is 1. The molecular formula is C31H24N2O9. The van der Waals surface area contributed by atoms with Crippen LogP contribution in [0.25, 0.3) is 0 Å². The molecule has 4 atom stereocenters. The first-order chi connectivity index (χ1) is 20.3. The lowest BCUT2D eigenvalue weighted by molar-refractivity contribution is -0.385. The highest BCUT2D eigenvalue weighted by Crippen LogP contribution is 2.53. The summed E-state index contributed by atoms with van der Waals surface area (Å²) in [6.07, 6.45) is -1.97. The zero-order chi connectivity index (χ0) is 29.3. The molecule has 42 heavy (non-hydrogen) atoms. The minimum Gasteiger partial charge on any atom is -0.431 e. The molecule has 2 fully saturated rings. The van der Waals surface area contributed by atoms with Crippen molar-refractivity contribution in [1.82, 2.24) is 0 Å². The molecule has 4 unspecified atom stereocenters. The molecule has 0 bridgehead atoms. The largest absolute Gasteiger partial charge is 0.508 e. The molecular weight excluding hydrogens is 544 g/mol. The number of nitro groups is 2. The minimum atomic E-state index is -0.922. The number of nitrogens with zero attached hydrogens (tertiary/aromatic N) is 2. The van der Waals surface area contributed by atoms with Crippen molar-refractivity contribution < 1.29 is 33.6 Å². The third-order valence-corrected chi connectivity index (χ3v) is 7.57. The summed E-state index contributed by atoms with van der Waals surface area (Å²) in [6.45, 7) is -0.217. The van der Waals surface area contributed by atoms with Crippen molar-refractivity contribution in [3.05, 3.63) is 152 Å². The van der Waals surface area contributed by atoms with E-state index in [-0.39, 0.29) is 24.6 Å². The zero-order valence-electron chi connectivity index (χ0n) is 22.0. The van der Waals surface area contributed by atoms with Crippen LogP contribution in [0.5, 0.6) is 0 Å². The fourth-order valence-corrected chi connectivity index (χ4v) is 5.39. The Hall–Kier alpha value is -5.13. The van der Waals surface area contributed by atoms with Crippen molar-refractivity contribution in [1.29, 1.82) is 0 Å². The van der Waals surface area contributed by atoms with Gasteiger partial charge in [0.15, 0.2) is 0 Å². The van der Waals surface area contributed by atoms with Crippen LogP contribution in [-0.2, 0) is 30.1 Å². The van der Waals surface area contributed by atoms with Crippen molar-refractivity contribution in [2.24, 2.45) is 0 Å². The van der Waals surface area contributed by atoms with Gasteiger partial charge in [-0.15, -0.1) is 0 Å². The highest BCUT2D eigenvalue weighted by Gasteiger charge is 2.61. The first-order valence-corrected chi connectivity index (χ1v) is 13.1. The van der Waals surface area contributed by atoms with Crippen LogP contribution in [0.1, 0.15) is 22.3 Å². The van der Waals surface area contributed by atoms with Crippen molar-refractivity contribution >= 4 is 17.5 Å². The van der Waals surface area contributed by atoms with Crippen molar-refractivity contribution in [2.45, 2.75) is 23.4 Å². The van der Waals surface area contributed by atoms with Gasteiger partial charge < -0.3 is 18.9 Å². The zero-order valence-corrected chi connectivity index (χ0v) is 22.0. The number of carbonyl (C=O) groups is 1.